The van der Waals surface area contributed by atoms with Crippen LogP contribution in [-0.2, 0) is 16.0 Å². The zero-order valence-corrected chi connectivity index (χ0v) is 17.9. The molecule has 2 saturated heterocycles. The SMILES string of the molecule is CC(CCc1ccccc1)NC(=O)CN1CCC(C(=O)N2CCCCCC2)CC1. The second-order valence-corrected chi connectivity index (χ2v) is 8.78. The monoisotopic (exact) mass is 399 g/mol. The number of carbonyl (C=O) groups is 2. The molecule has 2 fully saturated rings. The summed E-state index contributed by atoms with van der Waals surface area (Å²) < 4.78 is 0. The molecule has 0 aliphatic carbocycles. The maximum atomic E-state index is 12.8. The van der Waals surface area contributed by atoms with Gasteiger partial charge >= 0.3 is 0 Å². The van der Waals surface area contributed by atoms with E-state index in [-0.39, 0.29) is 17.9 Å². The van der Waals surface area contributed by atoms with Crippen LogP contribution in [-0.4, -0.2) is 60.4 Å². The molecule has 1 unspecified atom stereocenters. The lowest BCUT2D eigenvalue weighted by molar-refractivity contribution is -0.137. The predicted octanol–water partition coefficient (Wildman–Crippen LogP) is 3.24. The minimum absolute atomic E-state index is 0.0999. The number of carbonyl (C=O) groups excluding carboxylic acids is 2. The van der Waals surface area contributed by atoms with Crippen molar-refractivity contribution in [3.63, 3.8) is 0 Å². The highest BCUT2D eigenvalue weighted by molar-refractivity contribution is 5.79. The van der Waals surface area contributed by atoms with E-state index in [9.17, 15) is 9.59 Å². The second kappa shape index (κ2) is 11.3. The van der Waals surface area contributed by atoms with Crippen LogP contribution in [0, 0.1) is 5.92 Å². The molecule has 29 heavy (non-hydrogen) atoms. The van der Waals surface area contributed by atoms with Crippen molar-refractivity contribution in [2.24, 2.45) is 5.92 Å². The first-order valence-electron chi connectivity index (χ1n) is 11.5. The third kappa shape index (κ3) is 7.14. The van der Waals surface area contributed by atoms with Crippen LogP contribution in [0.2, 0.25) is 0 Å². The van der Waals surface area contributed by atoms with Gasteiger partial charge in [-0.15, -0.1) is 0 Å². The van der Waals surface area contributed by atoms with E-state index in [1.807, 2.05) is 6.07 Å². The molecule has 0 saturated carbocycles. The topological polar surface area (TPSA) is 52.7 Å². The van der Waals surface area contributed by atoms with Gasteiger partial charge in [0.15, 0.2) is 0 Å². The molecule has 5 heteroatoms. The third-order valence-corrected chi connectivity index (χ3v) is 6.34. The Hall–Kier alpha value is -1.88. The van der Waals surface area contributed by atoms with E-state index >= 15 is 0 Å². The summed E-state index contributed by atoms with van der Waals surface area (Å²) in [5.41, 5.74) is 1.31. The van der Waals surface area contributed by atoms with Gasteiger partial charge in [0.2, 0.25) is 11.8 Å². The molecule has 1 N–H and O–H groups in total. The Morgan fingerprint density at radius 1 is 1.00 bits per heavy atom. The zero-order valence-electron chi connectivity index (χ0n) is 17.9. The van der Waals surface area contributed by atoms with Crippen LogP contribution in [0.15, 0.2) is 30.3 Å². The fourth-order valence-electron chi connectivity index (χ4n) is 4.51. The van der Waals surface area contributed by atoms with Crippen LogP contribution in [0.25, 0.3) is 0 Å². The summed E-state index contributed by atoms with van der Waals surface area (Å²) in [5.74, 6) is 0.602. The standard InChI is InChI=1S/C24H37N3O2/c1-20(11-12-21-9-5-4-6-10-21)25-23(28)19-26-17-13-22(14-18-26)24(29)27-15-7-2-3-8-16-27/h4-6,9-10,20,22H,2-3,7-8,11-19H2,1H3,(H,25,28). The number of hydrogen-bond acceptors (Lipinski definition) is 3. The molecule has 1 aromatic carbocycles. The van der Waals surface area contributed by atoms with E-state index in [0.717, 1.165) is 64.7 Å². The van der Waals surface area contributed by atoms with Gasteiger partial charge in [-0.3, -0.25) is 14.5 Å². The highest BCUT2D eigenvalue weighted by Crippen LogP contribution is 2.21. The van der Waals surface area contributed by atoms with E-state index in [1.165, 1.54) is 18.4 Å². The molecule has 1 aromatic rings. The summed E-state index contributed by atoms with van der Waals surface area (Å²) in [6.45, 7) is 6.07. The highest BCUT2D eigenvalue weighted by atomic mass is 16.2. The first-order valence-corrected chi connectivity index (χ1v) is 11.5. The summed E-state index contributed by atoms with van der Waals surface area (Å²) in [5, 5.41) is 3.13. The molecule has 0 bridgehead atoms. The van der Waals surface area contributed by atoms with Crippen LogP contribution in [0.5, 0.6) is 0 Å². The van der Waals surface area contributed by atoms with Gasteiger partial charge in [-0.2, -0.15) is 0 Å². The molecule has 3 rings (SSSR count). The molecular weight excluding hydrogens is 362 g/mol. The predicted molar refractivity (Wildman–Crippen MR) is 117 cm³/mol. The van der Waals surface area contributed by atoms with Gasteiger partial charge in [0.25, 0.3) is 0 Å². The Kier molecular flexibility index (Phi) is 8.53. The molecule has 1 atom stereocenters. The van der Waals surface area contributed by atoms with Crippen molar-refractivity contribution in [3.8, 4) is 0 Å². The first kappa shape index (κ1) is 21.8. The number of likely N-dealkylation sites (tertiary alicyclic amines) is 2. The Morgan fingerprint density at radius 2 is 1.66 bits per heavy atom. The largest absolute Gasteiger partial charge is 0.353 e. The molecule has 2 aliphatic heterocycles. The molecule has 2 amide bonds. The van der Waals surface area contributed by atoms with Gasteiger partial charge < -0.3 is 10.2 Å². The third-order valence-electron chi connectivity index (χ3n) is 6.34. The Balaban J connectivity index is 1.34. The normalized spacial score (nSPS) is 20.1. The average Bonchev–Trinajstić information content (AvgIpc) is 3.02. The summed E-state index contributed by atoms with van der Waals surface area (Å²) >= 11 is 0. The Bertz CT molecular complexity index is 633. The van der Waals surface area contributed by atoms with Gasteiger partial charge in [-0.1, -0.05) is 43.2 Å². The molecule has 0 aromatic heterocycles. The van der Waals surface area contributed by atoms with Crippen LogP contribution in [0.4, 0.5) is 0 Å². The molecule has 5 nitrogen and oxygen atoms in total. The Labute approximate surface area is 175 Å². The van der Waals surface area contributed by atoms with Crippen molar-refractivity contribution in [2.75, 3.05) is 32.7 Å². The van der Waals surface area contributed by atoms with Gasteiger partial charge in [-0.05, 0) is 64.1 Å². The number of rotatable bonds is 7. The average molecular weight is 400 g/mol. The number of aryl methyl sites for hydroxylation is 1. The Morgan fingerprint density at radius 3 is 2.31 bits per heavy atom. The van der Waals surface area contributed by atoms with Gasteiger partial charge in [0.1, 0.15) is 0 Å². The number of nitrogens with one attached hydrogen (secondary N) is 1. The lowest BCUT2D eigenvalue weighted by atomic mass is 9.95. The van der Waals surface area contributed by atoms with Crippen molar-refractivity contribution in [1.29, 1.82) is 0 Å². The summed E-state index contributed by atoms with van der Waals surface area (Å²) in [4.78, 5) is 29.5. The fraction of sp³-hybridized carbons (Fsp3) is 0.667. The van der Waals surface area contributed by atoms with Gasteiger partial charge in [0, 0.05) is 25.0 Å². The molecular formula is C24H37N3O2. The molecule has 2 heterocycles. The molecule has 0 radical (unpaired) electrons. The summed E-state index contributed by atoms with van der Waals surface area (Å²) in [6, 6.07) is 10.6. The summed E-state index contributed by atoms with van der Waals surface area (Å²) in [7, 11) is 0. The fourth-order valence-corrected chi connectivity index (χ4v) is 4.51. The van der Waals surface area contributed by atoms with Crippen molar-refractivity contribution in [1.82, 2.24) is 15.1 Å². The van der Waals surface area contributed by atoms with Crippen molar-refractivity contribution >= 4 is 11.8 Å². The maximum absolute atomic E-state index is 12.8. The number of hydrogen-bond donors (Lipinski definition) is 1. The quantitative estimate of drug-likeness (QED) is 0.766. The molecule has 160 valence electrons. The number of amides is 2. The van der Waals surface area contributed by atoms with Crippen molar-refractivity contribution < 1.29 is 9.59 Å². The summed E-state index contributed by atoms with van der Waals surface area (Å²) in [6.07, 6.45) is 8.48. The number of nitrogens with zero attached hydrogens (tertiary/aromatic N) is 2. The minimum atomic E-state index is 0.0999. The molecule has 0 spiro atoms. The van der Waals surface area contributed by atoms with Gasteiger partial charge in [-0.25, -0.2) is 0 Å². The van der Waals surface area contributed by atoms with Crippen LogP contribution in [0.3, 0.4) is 0 Å². The lowest BCUT2D eigenvalue weighted by Gasteiger charge is -2.33. The van der Waals surface area contributed by atoms with Gasteiger partial charge in [0.05, 0.1) is 6.54 Å². The van der Waals surface area contributed by atoms with E-state index in [0.29, 0.717) is 12.5 Å². The van der Waals surface area contributed by atoms with Crippen molar-refractivity contribution in [3.05, 3.63) is 35.9 Å². The smallest absolute Gasteiger partial charge is 0.234 e. The van der Waals surface area contributed by atoms with E-state index in [1.54, 1.807) is 0 Å². The van der Waals surface area contributed by atoms with Crippen LogP contribution in [0.1, 0.15) is 57.4 Å². The second-order valence-electron chi connectivity index (χ2n) is 8.78. The highest BCUT2D eigenvalue weighted by Gasteiger charge is 2.29. The number of benzene rings is 1. The molecule has 2 aliphatic rings. The van der Waals surface area contributed by atoms with Crippen LogP contribution >= 0.6 is 0 Å². The van der Waals surface area contributed by atoms with E-state index in [2.05, 4.69) is 46.3 Å². The van der Waals surface area contributed by atoms with E-state index in [4.69, 9.17) is 0 Å². The van der Waals surface area contributed by atoms with Crippen molar-refractivity contribution in [2.45, 2.75) is 64.3 Å². The maximum Gasteiger partial charge on any atom is 0.234 e. The van der Waals surface area contributed by atoms with E-state index < -0.39 is 0 Å². The lowest BCUT2D eigenvalue weighted by Crippen LogP contribution is -2.46. The van der Waals surface area contributed by atoms with Crippen LogP contribution < -0.4 is 5.32 Å². The zero-order chi connectivity index (χ0) is 20.5. The minimum Gasteiger partial charge on any atom is -0.353 e. The number of piperidine rings is 1. The first-order chi connectivity index (χ1) is 14.1.